The van der Waals surface area contributed by atoms with Crippen molar-refractivity contribution in [1.82, 2.24) is 19.9 Å². The molecular weight excluding hydrogens is 308 g/mol. The molecule has 0 saturated heterocycles. The van der Waals surface area contributed by atoms with Gasteiger partial charge in [0, 0.05) is 19.6 Å². The second-order valence-corrected chi connectivity index (χ2v) is 5.71. The van der Waals surface area contributed by atoms with Gasteiger partial charge in [0.25, 0.3) is 0 Å². The maximum absolute atomic E-state index is 8.86. The van der Waals surface area contributed by atoms with Crippen molar-refractivity contribution in [2.24, 2.45) is 10.3 Å². The Hall–Kier alpha value is -2.74. The minimum atomic E-state index is 0.439. The number of benzene rings is 1. The van der Waals surface area contributed by atoms with Gasteiger partial charge in [-0.1, -0.05) is 45.9 Å². The minimum absolute atomic E-state index is 0.439. The standard InChI is InChI=1S/C16H22N6O2/c1-13(18-23)8-21(9-14(2)19-24)11-16-12-22(20-17-16)10-15-6-4-3-5-7-15/h3-7,12,23-24H,8-11H2,1-2H3/b18-13-,19-14-. The van der Waals surface area contributed by atoms with Gasteiger partial charge in [0.1, 0.15) is 0 Å². The molecule has 128 valence electrons. The van der Waals surface area contributed by atoms with Crippen molar-refractivity contribution in [2.45, 2.75) is 26.9 Å². The molecule has 8 nitrogen and oxygen atoms in total. The Kier molecular flexibility index (Phi) is 6.44. The fourth-order valence-electron chi connectivity index (χ4n) is 2.37. The van der Waals surface area contributed by atoms with Gasteiger partial charge in [-0.3, -0.25) is 4.90 Å². The smallest absolute Gasteiger partial charge is 0.0967 e. The molecule has 1 heterocycles. The molecule has 2 rings (SSSR count). The minimum Gasteiger partial charge on any atom is -0.411 e. The Balaban J connectivity index is 2.03. The van der Waals surface area contributed by atoms with Gasteiger partial charge in [0.2, 0.25) is 0 Å². The van der Waals surface area contributed by atoms with E-state index in [2.05, 4.69) is 20.6 Å². The summed E-state index contributed by atoms with van der Waals surface area (Å²) in [6.45, 7) is 5.50. The fourth-order valence-corrected chi connectivity index (χ4v) is 2.37. The van der Waals surface area contributed by atoms with Crippen LogP contribution >= 0.6 is 0 Å². The molecule has 0 aliphatic heterocycles. The van der Waals surface area contributed by atoms with E-state index in [1.165, 1.54) is 0 Å². The highest BCUT2D eigenvalue weighted by Gasteiger charge is 2.12. The molecule has 0 amide bonds. The number of oxime groups is 2. The molecule has 0 aliphatic rings. The van der Waals surface area contributed by atoms with Crippen LogP contribution in [0.15, 0.2) is 46.8 Å². The lowest BCUT2D eigenvalue weighted by atomic mass is 10.2. The predicted molar refractivity (Wildman–Crippen MR) is 90.6 cm³/mol. The third kappa shape index (κ3) is 5.47. The van der Waals surface area contributed by atoms with Crippen LogP contribution in [0.5, 0.6) is 0 Å². The van der Waals surface area contributed by atoms with Crippen LogP contribution in [0.4, 0.5) is 0 Å². The Labute approximate surface area is 140 Å². The molecule has 0 aliphatic carbocycles. The normalized spacial score (nSPS) is 12.8. The van der Waals surface area contributed by atoms with Crippen molar-refractivity contribution in [1.29, 1.82) is 0 Å². The van der Waals surface area contributed by atoms with Crippen LogP contribution < -0.4 is 0 Å². The second-order valence-electron chi connectivity index (χ2n) is 5.71. The zero-order valence-electron chi connectivity index (χ0n) is 13.9. The molecule has 24 heavy (non-hydrogen) atoms. The van der Waals surface area contributed by atoms with Crippen LogP contribution in [0.1, 0.15) is 25.1 Å². The van der Waals surface area contributed by atoms with Gasteiger partial charge in [-0.15, -0.1) is 5.10 Å². The van der Waals surface area contributed by atoms with Crippen molar-refractivity contribution >= 4 is 11.4 Å². The Morgan fingerprint density at radius 2 is 1.71 bits per heavy atom. The van der Waals surface area contributed by atoms with Crippen molar-refractivity contribution in [3.8, 4) is 0 Å². The predicted octanol–water partition coefficient (Wildman–Crippen LogP) is 1.83. The van der Waals surface area contributed by atoms with E-state index in [1.54, 1.807) is 18.5 Å². The average molecular weight is 330 g/mol. The van der Waals surface area contributed by atoms with Crippen LogP contribution in [0.3, 0.4) is 0 Å². The maximum Gasteiger partial charge on any atom is 0.0967 e. The summed E-state index contributed by atoms with van der Waals surface area (Å²) in [7, 11) is 0. The molecule has 8 heteroatoms. The highest BCUT2D eigenvalue weighted by molar-refractivity contribution is 5.86. The van der Waals surface area contributed by atoms with Crippen LogP contribution in [-0.4, -0.2) is 54.8 Å². The molecule has 0 unspecified atom stereocenters. The molecule has 2 aromatic rings. The van der Waals surface area contributed by atoms with E-state index < -0.39 is 0 Å². The summed E-state index contributed by atoms with van der Waals surface area (Å²) < 4.78 is 1.78. The van der Waals surface area contributed by atoms with Gasteiger partial charge in [-0.2, -0.15) is 0 Å². The lowest BCUT2D eigenvalue weighted by Gasteiger charge is -2.19. The van der Waals surface area contributed by atoms with Crippen LogP contribution in [0.25, 0.3) is 0 Å². The third-order valence-electron chi connectivity index (χ3n) is 3.41. The first-order valence-electron chi connectivity index (χ1n) is 7.61. The third-order valence-corrected chi connectivity index (χ3v) is 3.41. The van der Waals surface area contributed by atoms with E-state index in [1.807, 2.05) is 41.4 Å². The number of hydrogen-bond donors (Lipinski definition) is 2. The highest BCUT2D eigenvalue weighted by Crippen LogP contribution is 2.05. The lowest BCUT2D eigenvalue weighted by Crippen LogP contribution is -2.32. The summed E-state index contributed by atoms with van der Waals surface area (Å²) in [5, 5.41) is 32.4. The van der Waals surface area contributed by atoms with Gasteiger partial charge >= 0.3 is 0 Å². The zero-order chi connectivity index (χ0) is 17.4. The Bertz CT molecular complexity index is 676. The summed E-state index contributed by atoms with van der Waals surface area (Å²) in [6.07, 6.45) is 1.89. The van der Waals surface area contributed by atoms with Gasteiger partial charge in [-0.05, 0) is 19.4 Å². The van der Waals surface area contributed by atoms with E-state index in [9.17, 15) is 0 Å². The topological polar surface area (TPSA) is 99.1 Å². The molecule has 0 bridgehead atoms. The highest BCUT2D eigenvalue weighted by atomic mass is 16.4. The largest absolute Gasteiger partial charge is 0.411 e. The number of aromatic nitrogens is 3. The van der Waals surface area contributed by atoms with Crippen molar-refractivity contribution in [2.75, 3.05) is 13.1 Å². The van der Waals surface area contributed by atoms with Crippen LogP contribution in [-0.2, 0) is 13.1 Å². The molecule has 0 spiro atoms. The summed E-state index contributed by atoms with van der Waals surface area (Å²) in [5.41, 5.74) is 3.08. The van der Waals surface area contributed by atoms with E-state index >= 15 is 0 Å². The quantitative estimate of drug-likeness (QED) is 0.437. The molecule has 1 aromatic heterocycles. The monoisotopic (exact) mass is 330 g/mol. The number of rotatable bonds is 8. The average Bonchev–Trinajstić information content (AvgIpc) is 3.02. The van der Waals surface area contributed by atoms with Gasteiger partial charge in [-0.25, -0.2) is 4.68 Å². The Morgan fingerprint density at radius 1 is 1.08 bits per heavy atom. The van der Waals surface area contributed by atoms with Crippen LogP contribution in [0.2, 0.25) is 0 Å². The Morgan fingerprint density at radius 3 is 2.29 bits per heavy atom. The number of nitrogens with zero attached hydrogens (tertiary/aromatic N) is 6. The molecule has 0 radical (unpaired) electrons. The summed E-state index contributed by atoms with van der Waals surface area (Å²) in [6, 6.07) is 10.0. The second kappa shape index (κ2) is 8.78. The van der Waals surface area contributed by atoms with Gasteiger partial charge in [0.05, 0.1) is 29.9 Å². The van der Waals surface area contributed by atoms with Crippen molar-refractivity contribution in [3.63, 3.8) is 0 Å². The molecule has 0 saturated carbocycles. The van der Waals surface area contributed by atoms with Gasteiger partial charge in [0.15, 0.2) is 0 Å². The zero-order valence-corrected chi connectivity index (χ0v) is 13.9. The first-order chi connectivity index (χ1) is 11.6. The SMILES string of the molecule is C/C(CN(C/C(C)=N\O)Cc1cn(Cc2ccccc2)nn1)=N/O. The van der Waals surface area contributed by atoms with Crippen molar-refractivity contribution in [3.05, 3.63) is 47.8 Å². The van der Waals surface area contributed by atoms with Gasteiger partial charge < -0.3 is 10.4 Å². The molecule has 0 fully saturated rings. The van der Waals surface area contributed by atoms with Crippen LogP contribution in [0, 0.1) is 0 Å². The van der Waals surface area contributed by atoms with E-state index in [0.29, 0.717) is 37.6 Å². The summed E-state index contributed by atoms with van der Waals surface area (Å²) in [4.78, 5) is 1.96. The fraction of sp³-hybridized carbons (Fsp3) is 0.375. The molecule has 1 aromatic carbocycles. The first-order valence-corrected chi connectivity index (χ1v) is 7.61. The molecule has 2 N–H and O–H groups in total. The lowest BCUT2D eigenvalue weighted by molar-refractivity contribution is 0.294. The van der Waals surface area contributed by atoms with E-state index in [-0.39, 0.29) is 0 Å². The van der Waals surface area contributed by atoms with E-state index in [0.717, 1.165) is 11.3 Å². The molecular formula is C16H22N6O2. The number of hydrogen-bond acceptors (Lipinski definition) is 7. The summed E-state index contributed by atoms with van der Waals surface area (Å²) in [5.74, 6) is 0. The van der Waals surface area contributed by atoms with Crippen molar-refractivity contribution < 1.29 is 10.4 Å². The molecule has 0 atom stereocenters. The summed E-state index contributed by atoms with van der Waals surface area (Å²) >= 11 is 0. The first kappa shape index (κ1) is 17.6. The van der Waals surface area contributed by atoms with E-state index in [4.69, 9.17) is 10.4 Å². The maximum atomic E-state index is 8.86.